The third-order valence-electron chi connectivity index (χ3n) is 7.88. The van der Waals surface area contributed by atoms with E-state index in [1.165, 1.54) is 12.1 Å². The van der Waals surface area contributed by atoms with E-state index in [1.807, 2.05) is 11.0 Å². The van der Waals surface area contributed by atoms with E-state index in [0.717, 1.165) is 49.9 Å². The van der Waals surface area contributed by atoms with Gasteiger partial charge in [0.1, 0.15) is 11.4 Å². The molecule has 11 heteroatoms. The Morgan fingerprint density at radius 1 is 1.05 bits per heavy atom. The second-order valence-electron chi connectivity index (χ2n) is 10.8. The Hall–Kier alpha value is -3.63. The number of carbonyl (C=O) groups excluding carboxylic acids is 2. The van der Waals surface area contributed by atoms with Crippen LogP contribution in [0.3, 0.4) is 0 Å². The number of hydrogen-bond donors (Lipinski definition) is 3. The highest BCUT2D eigenvalue weighted by atomic mass is 19.4. The first-order valence-electron chi connectivity index (χ1n) is 12.9. The molecule has 0 unspecified atom stereocenters. The van der Waals surface area contributed by atoms with Crippen LogP contribution in [0.15, 0.2) is 36.4 Å². The number of rotatable bonds is 5. The summed E-state index contributed by atoms with van der Waals surface area (Å²) in [7, 11) is 0. The fourth-order valence-corrected chi connectivity index (χ4v) is 5.47. The van der Waals surface area contributed by atoms with Crippen molar-refractivity contribution in [2.45, 2.75) is 64.1 Å². The quantitative estimate of drug-likeness (QED) is 0.426. The van der Waals surface area contributed by atoms with Crippen molar-refractivity contribution in [2.75, 3.05) is 13.1 Å². The van der Waals surface area contributed by atoms with Crippen molar-refractivity contribution in [3.05, 3.63) is 59.0 Å². The fraction of sp³-hybridized carbons (Fsp3) is 0.481. The lowest BCUT2D eigenvalue weighted by molar-refractivity contribution is -0.137. The van der Waals surface area contributed by atoms with Crippen LogP contribution in [-0.2, 0) is 6.18 Å². The van der Waals surface area contributed by atoms with Crippen LogP contribution in [0.5, 0.6) is 0 Å². The van der Waals surface area contributed by atoms with Crippen LogP contribution in [0.4, 0.5) is 13.2 Å². The molecule has 3 heterocycles. The summed E-state index contributed by atoms with van der Waals surface area (Å²) in [6, 6.07) is 8.06. The Morgan fingerprint density at radius 2 is 1.76 bits per heavy atom. The molecule has 2 amide bonds. The highest BCUT2D eigenvalue weighted by Crippen LogP contribution is 2.44. The largest absolute Gasteiger partial charge is 0.416 e. The second-order valence-corrected chi connectivity index (χ2v) is 10.8. The van der Waals surface area contributed by atoms with Gasteiger partial charge in [0, 0.05) is 30.4 Å². The normalized spacial score (nSPS) is 21.8. The van der Waals surface area contributed by atoms with E-state index in [2.05, 4.69) is 39.6 Å². The van der Waals surface area contributed by atoms with Gasteiger partial charge in [0.25, 0.3) is 11.8 Å². The van der Waals surface area contributed by atoms with E-state index in [1.54, 1.807) is 6.07 Å². The van der Waals surface area contributed by atoms with Crippen molar-refractivity contribution in [1.82, 2.24) is 30.6 Å². The van der Waals surface area contributed by atoms with Crippen molar-refractivity contribution >= 4 is 11.8 Å². The Bertz CT molecular complexity index is 1300. The molecule has 3 aromatic rings. The number of alkyl halides is 3. The summed E-state index contributed by atoms with van der Waals surface area (Å²) in [5, 5.41) is 17.0. The van der Waals surface area contributed by atoms with Gasteiger partial charge in [-0.3, -0.25) is 19.8 Å². The zero-order chi connectivity index (χ0) is 27.1. The summed E-state index contributed by atoms with van der Waals surface area (Å²) in [5.41, 5.74) is 1.89. The van der Waals surface area contributed by atoms with Gasteiger partial charge in [-0.1, -0.05) is 26.0 Å². The molecule has 1 spiro atoms. The molecule has 0 atom stereocenters. The highest BCUT2D eigenvalue weighted by Gasteiger charge is 2.43. The maximum absolute atomic E-state index is 13.0. The molecule has 1 saturated heterocycles. The van der Waals surface area contributed by atoms with E-state index in [-0.39, 0.29) is 34.9 Å². The van der Waals surface area contributed by atoms with E-state index >= 15 is 0 Å². The number of aromatic nitrogens is 4. The topological polar surface area (TPSA) is 107 Å². The smallest absolute Gasteiger partial charge is 0.348 e. The molecule has 2 fully saturated rings. The molecule has 8 nitrogen and oxygen atoms in total. The first-order valence-corrected chi connectivity index (χ1v) is 12.9. The zero-order valence-corrected chi connectivity index (χ0v) is 21.4. The third-order valence-corrected chi connectivity index (χ3v) is 7.88. The van der Waals surface area contributed by atoms with Gasteiger partial charge in [-0.15, -0.1) is 0 Å². The third kappa shape index (κ3) is 5.32. The van der Waals surface area contributed by atoms with Crippen molar-refractivity contribution in [2.24, 2.45) is 5.41 Å². The van der Waals surface area contributed by atoms with Crippen molar-refractivity contribution in [3.8, 4) is 11.3 Å². The Morgan fingerprint density at radius 3 is 2.39 bits per heavy atom. The summed E-state index contributed by atoms with van der Waals surface area (Å²) >= 11 is 0. The number of nitrogens with zero attached hydrogens (tertiary/aromatic N) is 3. The summed E-state index contributed by atoms with van der Waals surface area (Å²) in [6.07, 6.45) is -0.00516. The molecule has 1 saturated carbocycles. The predicted molar refractivity (Wildman–Crippen MR) is 134 cm³/mol. The number of benzene rings is 1. The first-order chi connectivity index (χ1) is 18.0. The van der Waals surface area contributed by atoms with Gasteiger partial charge >= 0.3 is 6.18 Å². The lowest BCUT2D eigenvalue weighted by Gasteiger charge is -2.37. The second kappa shape index (κ2) is 9.92. The summed E-state index contributed by atoms with van der Waals surface area (Å²) in [5.74, 6) is -0.0551. The molecule has 3 N–H and O–H groups in total. The van der Waals surface area contributed by atoms with Crippen LogP contribution in [0, 0.1) is 5.41 Å². The van der Waals surface area contributed by atoms with Crippen LogP contribution in [-0.4, -0.2) is 56.2 Å². The first kappa shape index (κ1) is 26.0. The molecule has 1 aliphatic carbocycles. The van der Waals surface area contributed by atoms with Crippen LogP contribution in [0.1, 0.15) is 84.1 Å². The molecule has 5 rings (SSSR count). The van der Waals surface area contributed by atoms with E-state index in [4.69, 9.17) is 0 Å². The summed E-state index contributed by atoms with van der Waals surface area (Å²) in [4.78, 5) is 27.7. The Labute approximate surface area is 218 Å². The van der Waals surface area contributed by atoms with Crippen LogP contribution in [0.2, 0.25) is 0 Å². The van der Waals surface area contributed by atoms with Gasteiger partial charge in [0.15, 0.2) is 0 Å². The molecular weight excluding hydrogens is 497 g/mol. The van der Waals surface area contributed by atoms with E-state index < -0.39 is 11.7 Å². The lowest BCUT2D eigenvalue weighted by atomic mass is 9.72. The number of amides is 2. The minimum absolute atomic E-state index is 0.00985. The lowest BCUT2D eigenvalue weighted by Crippen LogP contribution is -2.42. The number of carbonyl (C=O) groups is 2. The van der Waals surface area contributed by atoms with E-state index in [0.29, 0.717) is 30.0 Å². The van der Waals surface area contributed by atoms with Gasteiger partial charge in [-0.2, -0.15) is 23.4 Å². The van der Waals surface area contributed by atoms with Gasteiger partial charge < -0.3 is 10.2 Å². The molecule has 2 aromatic heterocycles. The molecular formula is C27H31F3N6O2. The van der Waals surface area contributed by atoms with Crippen molar-refractivity contribution in [3.63, 3.8) is 0 Å². The molecule has 2 aliphatic rings. The van der Waals surface area contributed by atoms with Gasteiger partial charge in [0.2, 0.25) is 0 Å². The molecule has 1 aromatic carbocycles. The SMILES string of the molecule is CC(C)c1cc(C(=O)N2CCC3(CCC(NC(=O)c4cc(-c5ccc(C(F)(F)F)cc5)n[nH]4)CC3)C2)n[nH]1. The number of likely N-dealkylation sites (tertiary alicyclic amines) is 1. The maximum Gasteiger partial charge on any atom is 0.416 e. The highest BCUT2D eigenvalue weighted by molar-refractivity contribution is 5.93. The zero-order valence-electron chi connectivity index (χ0n) is 21.4. The molecule has 0 bridgehead atoms. The minimum atomic E-state index is -4.41. The Kier molecular flexibility index (Phi) is 6.79. The summed E-state index contributed by atoms with van der Waals surface area (Å²) < 4.78 is 38.4. The predicted octanol–water partition coefficient (Wildman–Crippen LogP) is 5.15. The molecule has 38 heavy (non-hydrogen) atoms. The fourth-order valence-electron chi connectivity index (χ4n) is 5.47. The molecule has 0 radical (unpaired) electrons. The van der Waals surface area contributed by atoms with Crippen LogP contribution < -0.4 is 5.32 Å². The van der Waals surface area contributed by atoms with Crippen molar-refractivity contribution in [1.29, 1.82) is 0 Å². The van der Waals surface area contributed by atoms with E-state index in [9.17, 15) is 22.8 Å². The Balaban J connectivity index is 1.13. The number of hydrogen-bond acceptors (Lipinski definition) is 4. The van der Waals surface area contributed by atoms with Crippen molar-refractivity contribution < 1.29 is 22.8 Å². The van der Waals surface area contributed by atoms with Crippen LogP contribution in [0.25, 0.3) is 11.3 Å². The standard InChI is InChI=1S/C27H31F3N6O2/c1-16(2)20-13-23(35-32-20)25(38)36-12-11-26(15-36)9-7-19(8-10-26)31-24(37)22-14-21(33-34-22)17-3-5-18(6-4-17)27(28,29)30/h3-6,13-14,16,19H,7-12,15H2,1-2H3,(H,31,37)(H,32,35)(H,33,34). The van der Waals surface area contributed by atoms with Gasteiger partial charge in [-0.05, 0) is 67.7 Å². The maximum atomic E-state index is 13.0. The molecule has 202 valence electrons. The average Bonchev–Trinajstić information content (AvgIpc) is 3.65. The number of aromatic amines is 2. The number of H-pyrrole nitrogens is 2. The molecule has 1 aliphatic heterocycles. The minimum Gasteiger partial charge on any atom is -0.348 e. The van der Waals surface area contributed by atoms with Gasteiger partial charge in [-0.25, -0.2) is 0 Å². The number of halogens is 3. The average molecular weight is 529 g/mol. The van der Waals surface area contributed by atoms with Gasteiger partial charge in [0.05, 0.1) is 11.3 Å². The number of nitrogens with one attached hydrogen (secondary N) is 3. The summed E-state index contributed by atoms with van der Waals surface area (Å²) in [6.45, 7) is 5.51. The van der Waals surface area contributed by atoms with Crippen LogP contribution >= 0.6 is 0 Å². The monoisotopic (exact) mass is 528 g/mol.